The molecule has 2 fully saturated rings. The van der Waals surface area contributed by atoms with Crippen LogP contribution in [-0.2, 0) is 11.3 Å². The smallest absolute Gasteiger partial charge is 0.262 e. The Bertz CT molecular complexity index is 822. The minimum absolute atomic E-state index is 0. The molecule has 6 nitrogen and oxygen atoms in total. The van der Waals surface area contributed by atoms with E-state index in [4.69, 9.17) is 5.73 Å². The Hall–Kier alpha value is -1.44. The van der Waals surface area contributed by atoms with E-state index < -0.39 is 0 Å². The average Bonchev–Trinajstić information content (AvgIpc) is 3.05. The number of carbonyl (C=O) groups excluding carboxylic acids is 1. The van der Waals surface area contributed by atoms with E-state index in [9.17, 15) is 9.59 Å². The standard InChI is InChI=1S/C18H24N4O2S.ClH/c19-13-8-11-2-1-3-12(9-13)16(11)21-15(23)4-6-22-10-20-17-14(18(22)24)5-7-25-17;/h5,7,10-13,16H,1-4,6,8-9,19H2,(H,21,23);1H. The molecule has 0 aliphatic heterocycles. The molecule has 2 aliphatic carbocycles. The fourth-order valence-corrected chi connectivity index (χ4v) is 5.28. The van der Waals surface area contributed by atoms with Crippen molar-refractivity contribution in [2.24, 2.45) is 17.6 Å². The van der Waals surface area contributed by atoms with E-state index in [1.165, 1.54) is 22.3 Å². The van der Waals surface area contributed by atoms with Crippen molar-refractivity contribution < 1.29 is 4.79 Å². The van der Waals surface area contributed by atoms with Crippen LogP contribution in [0.3, 0.4) is 0 Å². The van der Waals surface area contributed by atoms with Crippen LogP contribution >= 0.6 is 23.7 Å². The summed E-state index contributed by atoms with van der Waals surface area (Å²) in [5, 5.41) is 5.73. The quantitative estimate of drug-likeness (QED) is 0.829. The fraction of sp³-hybridized carbons (Fsp3) is 0.611. The number of aromatic nitrogens is 2. The highest BCUT2D eigenvalue weighted by molar-refractivity contribution is 7.16. The summed E-state index contributed by atoms with van der Waals surface area (Å²) in [6, 6.07) is 2.33. The summed E-state index contributed by atoms with van der Waals surface area (Å²) in [5.41, 5.74) is 6.08. The Morgan fingerprint density at radius 3 is 2.81 bits per heavy atom. The number of hydrogen-bond acceptors (Lipinski definition) is 5. The lowest BCUT2D eigenvalue weighted by molar-refractivity contribution is -0.123. The van der Waals surface area contributed by atoms with Crippen molar-refractivity contribution in [2.75, 3.05) is 0 Å². The van der Waals surface area contributed by atoms with Crippen molar-refractivity contribution in [1.82, 2.24) is 14.9 Å². The first-order valence-corrected chi connectivity index (χ1v) is 9.97. The maximum absolute atomic E-state index is 12.4. The highest BCUT2D eigenvalue weighted by Crippen LogP contribution is 2.39. The van der Waals surface area contributed by atoms with Crippen LogP contribution in [0.1, 0.15) is 38.5 Å². The number of rotatable bonds is 4. The SMILES string of the molecule is Cl.NC1CC2CCCC(C1)C2NC(=O)CCn1cnc2sccc2c1=O. The largest absolute Gasteiger partial charge is 0.353 e. The average molecular weight is 397 g/mol. The molecule has 0 spiro atoms. The second-order valence-electron chi connectivity index (χ2n) is 7.41. The normalized spacial score (nSPS) is 27.7. The summed E-state index contributed by atoms with van der Waals surface area (Å²) in [7, 11) is 0. The lowest BCUT2D eigenvalue weighted by Crippen LogP contribution is -2.53. The van der Waals surface area contributed by atoms with E-state index >= 15 is 0 Å². The topological polar surface area (TPSA) is 90.0 Å². The van der Waals surface area contributed by atoms with Gasteiger partial charge in [0.15, 0.2) is 0 Å². The molecule has 0 aromatic carbocycles. The number of aryl methyl sites for hydroxylation is 1. The van der Waals surface area contributed by atoms with Gasteiger partial charge in [-0.2, -0.15) is 0 Å². The molecule has 8 heteroatoms. The van der Waals surface area contributed by atoms with Crippen molar-refractivity contribution in [2.45, 2.75) is 57.2 Å². The number of nitrogens with one attached hydrogen (secondary N) is 1. The third kappa shape index (κ3) is 3.80. The van der Waals surface area contributed by atoms with Crippen LogP contribution in [0.15, 0.2) is 22.6 Å². The van der Waals surface area contributed by atoms with Crippen molar-refractivity contribution >= 4 is 39.9 Å². The van der Waals surface area contributed by atoms with Gasteiger partial charge in [0.1, 0.15) is 4.83 Å². The van der Waals surface area contributed by atoms with E-state index in [1.54, 1.807) is 12.4 Å². The molecule has 2 heterocycles. The number of nitrogens with two attached hydrogens (primary N) is 1. The second-order valence-corrected chi connectivity index (χ2v) is 8.30. The van der Waals surface area contributed by atoms with Gasteiger partial charge in [0.25, 0.3) is 5.56 Å². The summed E-state index contributed by atoms with van der Waals surface area (Å²) >= 11 is 1.45. The summed E-state index contributed by atoms with van der Waals surface area (Å²) in [5.74, 6) is 1.05. The number of fused-ring (bicyclic) bond motifs is 3. The first kappa shape index (κ1) is 19.3. The lowest BCUT2D eigenvalue weighted by Gasteiger charge is -2.45. The molecule has 4 rings (SSSR count). The summed E-state index contributed by atoms with van der Waals surface area (Å²) in [6.45, 7) is 0.366. The van der Waals surface area contributed by atoms with Gasteiger partial charge < -0.3 is 11.1 Å². The number of amides is 1. The van der Waals surface area contributed by atoms with Crippen LogP contribution in [0.4, 0.5) is 0 Å². The van der Waals surface area contributed by atoms with Crippen molar-refractivity contribution in [3.63, 3.8) is 0 Å². The maximum Gasteiger partial charge on any atom is 0.262 e. The van der Waals surface area contributed by atoms with Gasteiger partial charge in [0.2, 0.25) is 5.91 Å². The lowest BCUT2D eigenvalue weighted by atomic mass is 9.67. The number of hydrogen-bond donors (Lipinski definition) is 2. The fourth-order valence-electron chi connectivity index (χ4n) is 4.56. The molecule has 2 unspecified atom stereocenters. The molecule has 2 atom stereocenters. The van der Waals surface area contributed by atoms with E-state index in [-0.39, 0.29) is 36.0 Å². The molecule has 0 saturated heterocycles. The van der Waals surface area contributed by atoms with E-state index in [0.29, 0.717) is 30.2 Å². The Morgan fingerprint density at radius 1 is 1.35 bits per heavy atom. The Morgan fingerprint density at radius 2 is 2.08 bits per heavy atom. The Balaban J connectivity index is 0.00000196. The van der Waals surface area contributed by atoms with Crippen LogP contribution in [0.2, 0.25) is 0 Å². The van der Waals surface area contributed by atoms with Crippen LogP contribution in [0.5, 0.6) is 0 Å². The number of thiophene rings is 1. The molecule has 2 saturated carbocycles. The molecule has 142 valence electrons. The van der Waals surface area contributed by atoms with Crippen molar-refractivity contribution in [1.29, 1.82) is 0 Å². The second kappa shape index (κ2) is 8.06. The van der Waals surface area contributed by atoms with Crippen molar-refractivity contribution in [3.8, 4) is 0 Å². The van der Waals surface area contributed by atoms with E-state index in [2.05, 4.69) is 10.3 Å². The first-order valence-electron chi connectivity index (χ1n) is 9.09. The summed E-state index contributed by atoms with van der Waals surface area (Å²) in [4.78, 5) is 29.9. The molecule has 0 radical (unpaired) electrons. The van der Waals surface area contributed by atoms with Crippen LogP contribution in [-0.4, -0.2) is 27.5 Å². The Labute approximate surface area is 162 Å². The van der Waals surface area contributed by atoms with Crippen LogP contribution in [0.25, 0.3) is 10.2 Å². The van der Waals surface area contributed by atoms with Gasteiger partial charge in [-0.05, 0) is 49.0 Å². The third-order valence-electron chi connectivity index (χ3n) is 5.73. The highest BCUT2D eigenvalue weighted by atomic mass is 35.5. The number of halogens is 1. The number of carbonyl (C=O) groups is 1. The molecular formula is C18H25ClN4O2S. The molecule has 3 N–H and O–H groups in total. The van der Waals surface area contributed by atoms with Crippen LogP contribution in [0, 0.1) is 11.8 Å². The minimum Gasteiger partial charge on any atom is -0.353 e. The first-order chi connectivity index (χ1) is 12.1. The summed E-state index contributed by atoms with van der Waals surface area (Å²) < 4.78 is 1.53. The zero-order valence-corrected chi connectivity index (χ0v) is 16.2. The van der Waals surface area contributed by atoms with Gasteiger partial charge >= 0.3 is 0 Å². The van der Waals surface area contributed by atoms with Gasteiger partial charge in [-0.1, -0.05) is 6.42 Å². The molecule has 1 amide bonds. The van der Waals surface area contributed by atoms with Crippen molar-refractivity contribution in [3.05, 3.63) is 28.1 Å². The third-order valence-corrected chi connectivity index (χ3v) is 6.56. The highest BCUT2D eigenvalue weighted by Gasteiger charge is 2.39. The van der Waals surface area contributed by atoms with Gasteiger partial charge in [-0.3, -0.25) is 14.2 Å². The predicted molar refractivity (Wildman–Crippen MR) is 106 cm³/mol. The zero-order chi connectivity index (χ0) is 17.4. The molecule has 2 aromatic rings. The van der Waals surface area contributed by atoms with E-state index in [1.807, 2.05) is 5.38 Å². The van der Waals surface area contributed by atoms with Gasteiger partial charge in [0, 0.05) is 25.0 Å². The molecular weight excluding hydrogens is 372 g/mol. The van der Waals surface area contributed by atoms with Gasteiger partial charge in [-0.25, -0.2) is 4.98 Å². The Kier molecular flexibility index (Phi) is 5.99. The predicted octanol–water partition coefficient (Wildman–Crippen LogP) is 2.29. The van der Waals surface area contributed by atoms with Gasteiger partial charge in [0.05, 0.1) is 11.7 Å². The maximum atomic E-state index is 12.4. The molecule has 2 aliphatic rings. The number of nitrogens with zero attached hydrogens (tertiary/aromatic N) is 2. The molecule has 2 aromatic heterocycles. The molecule has 26 heavy (non-hydrogen) atoms. The summed E-state index contributed by atoms with van der Waals surface area (Å²) in [6.07, 6.45) is 7.44. The zero-order valence-electron chi connectivity index (χ0n) is 14.6. The molecule has 2 bridgehead atoms. The van der Waals surface area contributed by atoms with E-state index in [0.717, 1.165) is 30.5 Å². The van der Waals surface area contributed by atoms with Crippen LogP contribution < -0.4 is 16.6 Å². The monoisotopic (exact) mass is 396 g/mol. The minimum atomic E-state index is -0.0699. The van der Waals surface area contributed by atoms with Gasteiger partial charge in [-0.15, -0.1) is 23.7 Å².